The minimum Gasteiger partial charge on any atom is -0.489 e. The number of hydrogen-bond acceptors (Lipinski definition) is 7. The molecule has 1 aliphatic heterocycles. The maximum atomic E-state index is 6.18. The number of aromatic amines is 1. The number of H-pyrrole nitrogens is 1. The van der Waals surface area contributed by atoms with Gasteiger partial charge in [0.2, 0.25) is 0 Å². The van der Waals surface area contributed by atoms with E-state index in [2.05, 4.69) is 27.8 Å². The Morgan fingerprint density at radius 3 is 2.83 bits per heavy atom. The van der Waals surface area contributed by atoms with Crippen molar-refractivity contribution in [3.8, 4) is 21.4 Å². The first kappa shape index (κ1) is 19.8. The number of methoxy groups -OCH3 is 1. The van der Waals surface area contributed by atoms with E-state index in [1.807, 2.05) is 42.5 Å². The molecule has 2 atom stereocenters. The molecule has 3 aromatic rings. The number of ether oxygens (including phenoxy) is 3. The van der Waals surface area contributed by atoms with Gasteiger partial charge in [0.15, 0.2) is 10.9 Å². The zero-order chi connectivity index (χ0) is 20.1. The van der Waals surface area contributed by atoms with Gasteiger partial charge in [-0.25, -0.2) is 0 Å². The predicted molar refractivity (Wildman–Crippen MR) is 115 cm³/mol. The normalized spacial score (nSPS) is 17.7. The van der Waals surface area contributed by atoms with E-state index in [-0.39, 0.29) is 12.1 Å². The predicted octanol–water partition coefficient (Wildman–Crippen LogP) is 4.04. The molecule has 0 bridgehead atoms. The number of nitrogens with one attached hydrogen (secondary N) is 3. The number of aromatic nitrogens is 2. The summed E-state index contributed by atoms with van der Waals surface area (Å²) in [5.74, 6) is 1.61. The molecule has 29 heavy (non-hydrogen) atoms. The molecule has 2 aromatic heterocycles. The summed E-state index contributed by atoms with van der Waals surface area (Å²) in [4.78, 5) is 1.08. The van der Waals surface area contributed by atoms with Crippen LogP contribution < -0.4 is 20.1 Å². The van der Waals surface area contributed by atoms with Gasteiger partial charge in [-0.05, 0) is 42.8 Å². The lowest BCUT2D eigenvalue weighted by atomic mass is 10.1. The maximum absolute atomic E-state index is 6.18. The van der Waals surface area contributed by atoms with Crippen LogP contribution in [0.1, 0.15) is 13.3 Å². The molecule has 3 N–H and O–H groups in total. The van der Waals surface area contributed by atoms with Crippen molar-refractivity contribution in [2.45, 2.75) is 25.5 Å². The number of rotatable bonds is 8. The molecule has 0 saturated carbocycles. The minimum atomic E-state index is 0.0887. The number of nitrogens with zero attached hydrogens (tertiary/aromatic N) is 1. The van der Waals surface area contributed by atoms with Crippen molar-refractivity contribution in [3.05, 3.63) is 42.5 Å². The van der Waals surface area contributed by atoms with Gasteiger partial charge in [-0.15, -0.1) is 0 Å². The van der Waals surface area contributed by atoms with E-state index in [0.717, 1.165) is 52.5 Å². The van der Waals surface area contributed by atoms with E-state index < -0.39 is 0 Å². The van der Waals surface area contributed by atoms with Gasteiger partial charge in [0, 0.05) is 18.3 Å². The summed E-state index contributed by atoms with van der Waals surface area (Å²) >= 11 is 1.58. The Bertz CT molecular complexity index is 903. The van der Waals surface area contributed by atoms with Crippen molar-refractivity contribution < 1.29 is 14.2 Å². The number of morpholine rings is 1. The van der Waals surface area contributed by atoms with Gasteiger partial charge in [-0.1, -0.05) is 18.3 Å². The van der Waals surface area contributed by atoms with Crippen LogP contribution in [-0.4, -0.2) is 49.2 Å². The fourth-order valence-corrected chi connectivity index (χ4v) is 4.09. The zero-order valence-electron chi connectivity index (χ0n) is 16.6. The largest absolute Gasteiger partial charge is 0.489 e. The van der Waals surface area contributed by atoms with E-state index >= 15 is 0 Å². The Hall–Kier alpha value is -2.55. The fraction of sp³-hybridized carbons (Fsp3) is 0.381. The van der Waals surface area contributed by atoms with Crippen molar-refractivity contribution >= 4 is 22.8 Å². The quantitative estimate of drug-likeness (QED) is 0.516. The lowest BCUT2D eigenvalue weighted by molar-refractivity contribution is 0.0267. The van der Waals surface area contributed by atoms with E-state index in [1.165, 1.54) is 0 Å². The first-order valence-corrected chi connectivity index (χ1v) is 10.6. The summed E-state index contributed by atoms with van der Waals surface area (Å²) in [6.45, 7) is 4.46. The highest BCUT2D eigenvalue weighted by Crippen LogP contribution is 2.33. The molecule has 3 heterocycles. The van der Waals surface area contributed by atoms with Gasteiger partial charge >= 0.3 is 0 Å². The molecule has 1 saturated heterocycles. The second-order valence-corrected chi connectivity index (χ2v) is 7.89. The Kier molecular flexibility index (Phi) is 6.33. The van der Waals surface area contributed by atoms with Crippen LogP contribution in [0.5, 0.6) is 10.8 Å². The highest BCUT2D eigenvalue weighted by molar-refractivity contribution is 7.17. The molecular formula is C21H26N4O3S. The van der Waals surface area contributed by atoms with Crippen molar-refractivity contribution in [3.63, 3.8) is 0 Å². The third kappa shape index (κ3) is 4.90. The average molecular weight is 415 g/mol. The van der Waals surface area contributed by atoms with Crippen molar-refractivity contribution in [1.29, 1.82) is 0 Å². The Balaban J connectivity index is 1.37. The van der Waals surface area contributed by atoms with Gasteiger partial charge < -0.3 is 24.8 Å². The van der Waals surface area contributed by atoms with E-state index in [0.29, 0.717) is 6.61 Å². The maximum Gasteiger partial charge on any atom is 0.173 e. The van der Waals surface area contributed by atoms with Gasteiger partial charge in [-0.2, -0.15) is 5.10 Å². The third-order valence-electron chi connectivity index (χ3n) is 4.84. The molecule has 154 valence electrons. The summed E-state index contributed by atoms with van der Waals surface area (Å²) in [6, 6.07) is 14.1. The van der Waals surface area contributed by atoms with Gasteiger partial charge in [0.25, 0.3) is 0 Å². The summed E-state index contributed by atoms with van der Waals surface area (Å²) in [6.07, 6.45) is 1.01. The van der Waals surface area contributed by atoms with E-state index in [1.54, 1.807) is 18.4 Å². The first-order valence-electron chi connectivity index (χ1n) is 9.79. The van der Waals surface area contributed by atoms with Gasteiger partial charge in [0.1, 0.15) is 11.9 Å². The smallest absolute Gasteiger partial charge is 0.173 e. The molecule has 1 aromatic carbocycles. The Morgan fingerprint density at radius 2 is 2.14 bits per heavy atom. The van der Waals surface area contributed by atoms with Crippen LogP contribution in [-0.2, 0) is 4.74 Å². The standard InChI is InChI=1S/C21H26N4O3S/c1-3-18(17-13-27-11-10-22-17)28-15-6-4-14(5-7-15)23-20-12-16(24-25-20)19-8-9-21(26-2)29-19/h4-9,12,17-18,22H,3,10-11,13H2,1-2H3,(H2,23,24,25). The molecule has 1 aliphatic rings. The molecule has 1 fully saturated rings. The second kappa shape index (κ2) is 9.30. The van der Waals surface area contributed by atoms with Gasteiger partial charge in [-0.3, -0.25) is 5.10 Å². The second-order valence-electron chi connectivity index (χ2n) is 6.84. The summed E-state index contributed by atoms with van der Waals surface area (Å²) in [5.41, 5.74) is 1.90. The SMILES string of the molecule is CCC(Oc1ccc(Nc2cc(-c3ccc(OC)s3)[nH]n2)cc1)C1COCCN1. The number of hydrogen-bond donors (Lipinski definition) is 3. The van der Waals surface area contributed by atoms with Crippen molar-refractivity contribution in [2.24, 2.45) is 0 Å². The lowest BCUT2D eigenvalue weighted by Crippen LogP contribution is -2.50. The third-order valence-corrected chi connectivity index (χ3v) is 5.92. The lowest BCUT2D eigenvalue weighted by Gasteiger charge is -2.31. The molecule has 4 rings (SSSR count). The topological polar surface area (TPSA) is 80.4 Å². The van der Waals surface area contributed by atoms with Crippen LogP contribution >= 0.6 is 11.3 Å². The van der Waals surface area contributed by atoms with Crippen LogP contribution in [0.15, 0.2) is 42.5 Å². The Morgan fingerprint density at radius 1 is 1.28 bits per heavy atom. The molecular weight excluding hydrogens is 388 g/mol. The molecule has 0 amide bonds. The Labute approximate surface area is 174 Å². The van der Waals surface area contributed by atoms with Crippen molar-refractivity contribution in [1.82, 2.24) is 15.5 Å². The molecule has 0 aliphatic carbocycles. The zero-order valence-corrected chi connectivity index (χ0v) is 17.4. The van der Waals surface area contributed by atoms with Crippen molar-refractivity contribution in [2.75, 3.05) is 32.2 Å². The number of thiophene rings is 1. The van der Waals surface area contributed by atoms with Crippen LogP contribution in [0.4, 0.5) is 11.5 Å². The van der Waals surface area contributed by atoms with E-state index in [4.69, 9.17) is 14.2 Å². The molecule has 7 nitrogen and oxygen atoms in total. The molecule has 0 radical (unpaired) electrons. The average Bonchev–Trinajstić information content (AvgIpc) is 3.43. The molecule has 2 unspecified atom stereocenters. The van der Waals surface area contributed by atoms with Crippen LogP contribution in [0.3, 0.4) is 0 Å². The molecule has 0 spiro atoms. The van der Waals surface area contributed by atoms with Crippen LogP contribution in [0.25, 0.3) is 10.6 Å². The minimum absolute atomic E-state index is 0.0887. The highest BCUT2D eigenvalue weighted by Gasteiger charge is 2.24. The van der Waals surface area contributed by atoms with Gasteiger partial charge in [0.05, 0.1) is 36.9 Å². The number of benzene rings is 1. The van der Waals surface area contributed by atoms with Crippen LogP contribution in [0.2, 0.25) is 0 Å². The summed E-state index contributed by atoms with van der Waals surface area (Å²) < 4.78 is 17.0. The highest BCUT2D eigenvalue weighted by atomic mass is 32.1. The fourth-order valence-electron chi connectivity index (χ4n) is 3.30. The van der Waals surface area contributed by atoms with Crippen LogP contribution in [0, 0.1) is 0 Å². The van der Waals surface area contributed by atoms with E-state index in [9.17, 15) is 0 Å². The first-order chi connectivity index (χ1) is 14.2. The summed E-state index contributed by atoms with van der Waals surface area (Å²) in [5, 5.41) is 15.1. The summed E-state index contributed by atoms with van der Waals surface area (Å²) in [7, 11) is 1.67. The molecule has 8 heteroatoms. The monoisotopic (exact) mass is 414 g/mol. The number of anilines is 2.